The maximum Gasteiger partial charge on any atom is 0.435 e. The van der Waals surface area contributed by atoms with Gasteiger partial charge in [-0.1, -0.05) is 18.2 Å². The van der Waals surface area contributed by atoms with Crippen molar-refractivity contribution in [2.24, 2.45) is 0 Å². The molecule has 0 aliphatic carbocycles. The molecule has 2 aromatic heterocycles. The van der Waals surface area contributed by atoms with Gasteiger partial charge >= 0.3 is 6.18 Å². The van der Waals surface area contributed by atoms with Crippen LogP contribution >= 0.6 is 11.3 Å². The van der Waals surface area contributed by atoms with E-state index >= 15 is 0 Å². The lowest BCUT2D eigenvalue weighted by molar-refractivity contribution is -0.143. The predicted molar refractivity (Wildman–Crippen MR) is 93.6 cm³/mol. The number of carbonyl (C=O) groups excluding carboxylic acids is 1. The van der Waals surface area contributed by atoms with Crippen LogP contribution in [0.1, 0.15) is 33.8 Å². The molecule has 2 heterocycles. The zero-order chi connectivity index (χ0) is 20.5. The third-order valence-corrected chi connectivity index (χ3v) is 4.88. The molecule has 0 bridgehead atoms. The van der Waals surface area contributed by atoms with Crippen LogP contribution in [0.4, 0.5) is 17.6 Å². The first-order valence-electron chi connectivity index (χ1n) is 8.18. The third kappa shape index (κ3) is 4.03. The van der Waals surface area contributed by atoms with Gasteiger partial charge in [0.1, 0.15) is 5.82 Å². The van der Waals surface area contributed by atoms with Gasteiger partial charge in [0.25, 0.3) is 5.91 Å². The molecule has 0 aliphatic heterocycles. The molecule has 0 atom stereocenters. The maximum atomic E-state index is 13.7. The quantitative estimate of drug-likeness (QED) is 0.598. The van der Waals surface area contributed by atoms with Gasteiger partial charge in [0.15, 0.2) is 11.4 Å². The number of hydrogen-bond donors (Lipinski definition) is 0. The van der Waals surface area contributed by atoms with E-state index in [-0.39, 0.29) is 12.2 Å². The van der Waals surface area contributed by atoms with E-state index in [2.05, 4.69) is 15.3 Å². The summed E-state index contributed by atoms with van der Waals surface area (Å²) in [6, 6.07) is 4.45. The standard InChI is InChI=1S/C17H15F4N5OS/c1-3-13-22-11(9-28-13)8-25(2)16(27)14-15(17(19,20)21)26(24-23-14)12-6-4-5-10(18)7-12/h4-7,9H,3,8H2,1-2H3. The summed E-state index contributed by atoms with van der Waals surface area (Å²) in [6.45, 7) is 1.96. The van der Waals surface area contributed by atoms with Crippen molar-refractivity contribution in [2.75, 3.05) is 7.05 Å². The highest BCUT2D eigenvalue weighted by Gasteiger charge is 2.42. The second kappa shape index (κ2) is 7.66. The fourth-order valence-electron chi connectivity index (χ4n) is 2.55. The van der Waals surface area contributed by atoms with Crippen LogP contribution in [0.2, 0.25) is 0 Å². The van der Waals surface area contributed by atoms with Crippen LogP contribution in [-0.2, 0) is 19.1 Å². The molecule has 11 heteroatoms. The van der Waals surface area contributed by atoms with Crippen molar-refractivity contribution < 1.29 is 22.4 Å². The minimum absolute atomic E-state index is 0.0272. The van der Waals surface area contributed by atoms with Gasteiger partial charge in [0.2, 0.25) is 0 Å². The van der Waals surface area contributed by atoms with E-state index in [0.717, 1.165) is 28.5 Å². The summed E-state index contributed by atoms with van der Waals surface area (Å²) < 4.78 is 54.8. The van der Waals surface area contributed by atoms with E-state index in [9.17, 15) is 22.4 Å². The number of halogens is 4. The summed E-state index contributed by atoms with van der Waals surface area (Å²) in [5.41, 5.74) is -1.83. The highest BCUT2D eigenvalue weighted by molar-refractivity contribution is 7.09. The van der Waals surface area contributed by atoms with E-state index in [1.54, 1.807) is 5.38 Å². The molecule has 1 amide bonds. The van der Waals surface area contributed by atoms with Gasteiger partial charge in [-0.05, 0) is 24.6 Å². The highest BCUT2D eigenvalue weighted by Crippen LogP contribution is 2.33. The minimum atomic E-state index is -4.92. The molecule has 0 radical (unpaired) electrons. The molecule has 0 saturated heterocycles. The molecule has 3 aromatic rings. The normalized spacial score (nSPS) is 11.6. The first-order chi connectivity index (χ1) is 13.2. The van der Waals surface area contributed by atoms with E-state index in [0.29, 0.717) is 10.4 Å². The van der Waals surface area contributed by atoms with E-state index in [1.165, 1.54) is 30.5 Å². The van der Waals surface area contributed by atoms with Crippen molar-refractivity contribution in [1.29, 1.82) is 0 Å². The number of hydrogen-bond acceptors (Lipinski definition) is 5. The molecule has 28 heavy (non-hydrogen) atoms. The molecule has 0 fully saturated rings. The summed E-state index contributed by atoms with van der Waals surface area (Å²) in [5, 5.41) is 9.49. The number of carbonyl (C=O) groups is 1. The number of aryl methyl sites for hydroxylation is 1. The first-order valence-corrected chi connectivity index (χ1v) is 9.06. The highest BCUT2D eigenvalue weighted by atomic mass is 32.1. The lowest BCUT2D eigenvalue weighted by Crippen LogP contribution is -2.29. The molecule has 0 saturated carbocycles. The molecular weight excluding hydrogens is 398 g/mol. The van der Waals surface area contributed by atoms with Crippen molar-refractivity contribution in [3.05, 3.63) is 57.6 Å². The number of amides is 1. The summed E-state index contributed by atoms with van der Waals surface area (Å²) in [6.07, 6.45) is -4.19. The van der Waals surface area contributed by atoms with Gasteiger partial charge in [-0.15, -0.1) is 16.4 Å². The number of alkyl halides is 3. The SMILES string of the molecule is CCc1nc(CN(C)C(=O)c2nnn(-c3cccc(F)c3)c2C(F)(F)F)cs1. The summed E-state index contributed by atoms with van der Waals surface area (Å²) in [5.74, 6) is -1.69. The Morgan fingerprint density at radius 3 is 2.68 bits per heavy atom. The molecule has 0 N–H and O–H groups in total. The average molecular weight is 413 g/mol. The Hall–Kier alpha value is -2.82. The average Bonchev–Trinajstić information content (AvgIpc) is 3.27. The summed E-state index contributed by atoms with van der Waals surface area (Å²) in [7, 11) is 1.36. The van der Waals surface area contributed by atoms with Crippen LogP contribution in [0.25, 0.3) is 5.69 Å². The zero-order valence-electron chi connectivity index (χ0n) is 14.9. The Balaban J connectivity index is 1.95. The molecule has 148 valence electrons. The number of nitrogens with zero attached hydrogens (tertiary/aromatic N) is 5. The van der Waals surface area contributed by atoms with Gasteiger partial charge < -0.3 is 4.90 Å². The second-order valence-corrected chi connectivity index (χ2v) is 6.87. The Morgan fingerprint density at radius 2 is 2.07 bits per heavy atom. The fraction of sp³-hybridized carbons (Fsp3) is 0.294. The lowest BCUT2D eigenvalue weighted by Gasteiger charge is -2.16. The van der Waals surface area contributed by atoms with Crippen molar-refractivity contribution in [3.63, 3.8) is 0 Å². The fourth-order valence-corrected chi connectivity index (χ4v) is 3.28. The Labute approximate surface area is 161 Å². The van der Waals surface area contributed by atoms with Gasteiger partial charge in [-0.3, -0.25) is 4.79 Å². The summed E-state index contributed by atoms with van der Waals surface area (Å²) in [4.78, 5) is 18.0. The van der Waals surface area contributed by atoms with Crippen molar-refractivity contribution in [2.45, 2.75) is 26.1 Å². The van der Waals surface area contributed by atoms with Crippen LogP contribution < -0.4 is 0 Å². The zero-order valence-corrected chi connectivity index (χ0v) is 15.7. The largest absolute Gasteiger partial charge is 0.435 e. The Morgan fingerprint density at radius 1 is 1.32 bits per heavy atom. The van der Waals surface area contributed by atoms with Gasteiger partial charge in [0, 0.05) is 12.4 Å². The van der Waals surface area contributed by atoms with Gasteiger partial charge in [-0.25, -0.2) is 14.1 Å². The lowest BCUT2D eigenvalue weighted by atomic mass is 10.2. The predicted octanol–water partition coefficient (Wildman–Crippen LogP) is 3.72. The van der Waals surface area contributed by atoms with Crippen molar-refractivity contribution in [3.8, 4) is 5.69 Å². The number of thiazole rings is 1. The second-order valence-electron chi connectivity index (χ2n) is 5.92. The Kier molecular flexibility index (Phi) is 5.45. The topological polar surface area (TPSA) is 63.9 Å². The molecular formula is C17H15F4N5OS. The number of aromatic nitrogens is 4. The van der Waals surface area contributed by atoms with Crippen LogP contribution in [0.3, 0.4) is 0 Å². The molecule has 0 spiro atoms. The monoisotopic (exact) mass is 413 g/mol. The molecule has 0 unspecified atom stereocenters. The van der Waals surface area contributed by atoms with E-state index in [1.807, 2.05) is 6.92 Å². The van der Waals surface area contributed by atoms with Crippen LogP contribution in [0.15, 0.2) is 29.6 Å². The van der Waals surface area contributed by atoms with Crippen LogP contribution in [0, 0.1) is 5.82 Å². The minimum Gasteiger partial charge on any atom is -0.334 e. The van der Waals surface area contributed by atoms with E-state index in [4.69, 9.17) is 0 Å². The maximum absolute atomic E-state index is 13.7. The first kappa shape index (κ1) is 19.9. The van der Waals surface area contributed by atoms with Gasteiger partial charge in [-0.2, -0.15) is 13.2 Å². The third-order valence-electron chi connectivity index (χ3n) is 3.84. The Bertz CT molecular complexity index is 998. The molecule has 6 nitrogen and oxygen atoms in total. The smallest absolute Gasteiger partial charge is 0.334 e. The number of benzene rings is 1. The van der Waals surface area contributed by atoms with Gasteiger partial charge in [0.05, 0.1) is 22.9 Å². The number of rotatable bonds is 5. The van der Waals surface area contributed by atoms with Crippen molar-refractivity contribution in [1.82, 2.24) is 24.9 Å². The van der Waals surface area contributed by atoms with Crippen molar-refractivity contribution >= 4 is 17.2 Å². The molecule has 3 rings (SSSR count). The summed E-state index contributed by atoms with van der Waals surface area (Å²) >= 11 is 1.41. The molecule has 1 aromatic carbocycles. The van der Waals surface area contributed by atoms with E-state index < -0.39 is 29.3 Å². The molecule has 0 aliphatic rings. The van der Waals surface area contributed by atoms with Crippen LogP contribution in [-0.4, -0.2) is 37.8 Å². The van der Waals surface area contributed by atoms with Crippen LogP contribution in [0.5, 0.6) is 0 Å².